The van der Waals surface area contributed by atoms with Crippen molar-refractivity contribution in [3.05, 3.63) is 63.9 Å². The predicted molar refractivity (Wildman–Crippen MR) is 72.6 cm³/mol. The van der Waals surface area contributed by atoms with Gasteiger partial charge in [-0.3, -0.25) is 4.79 Å². The molecule has 0 aromatic heterocycles. The summed E-state index contributed by atoms with van der Waals surface area (Å²) >= 11 is 5.89. The van der Waals surface area contributed by atoms with Gasteiger partial charge in [0.2, 0.25) is 0 Å². The average Bonchev–Trinajstić information content (AvgIpc) is 2.38. The van der Waals surface area contributed by atoms with Gasteiger partial charge in [-0.1, -0.05) is 17.7 Å². The van der Waals surface area contributed by atoms with E-state index in [2.05, 4.69) is 0 Å². The first-order chi connectivity index (χ1) is 9.04. The first kappa shape index (κ1) is 13.6. The minimum atomic E-state index is -0.619. The Morgan fingerprint density at radius 2 is 2.00 bits per heavy atom. The van der Waals surface area contributed by atoms with E-state index < -0.39 is 11.6 Å². The van der Waals surface area contributed by atoms with Crippen molar-refractivity contribution in [2.75, 3.05) is 7.11 Å². The number of halogens is 2. The summed E-state index contributed by atoms with van der Waals surface area (Å²) in [4.78, 5) is 12.3. The fourth-order valence-electron chi connectivity index (χ4n) is 1.88. The van der Waals surface area contributed by atoms with Gasteiger partial charge in [-0.25, -0.2) is 4.39 Å². The third-order valence-corrected chi connectivity index (χ3v) is 3.16. The number of aryl methyl sites for hydroxylation is 1. The molecule has 4 heteroatoms. The number of ether oxygens (including phenoxy) is 1. The molecule has 19 heavy (non-hydrogen) atoms. The highest BCUT2D eigenvalue weighted by Crippen LogP contribution is 2.25. The first-order valence-corrected chi connectivity index (χ1v) is 6.05. The van der Waals surface area contributed by atoms with E-state index in [9.17, 15) is 9.18 Å². The lowest BCUT2D eigenvalue weighted by atomic mass is 10.0. The first-order valence-electron chi connectivity index (χ1n) is 5.68. The van der Waals surface area contributed by atoms with E-state index in [1.54, 1.807) is 25.3 Å². The number of hydrogen-bond donors (Lipinski definition) is 0. The molecule has 0 atom stereocenters. The predicted octanol–water partition coefficient (Wildman–Crippen LogP) is 4.03. The highest BCUT2D eigenvalue weighted by atomic mass is 35.5. The van der Waals surface area contributed by atoms with Gasteiger partial charge in [-0.2, -0.15) is 0 Å². The largest absolute Gasteiger partial charge is 0.496 e. The van der Waals surface area contributed by atoms with E-state index in [0.717, 1.165) is 5.56 Å². The summed E-state index contributed by atoms with van der Waals surface area (Å²) in [6.07, 6.45) is 0. The monoisotopic (exact) mass is 278 g/mol. The molecular weight excluding hydrogens is 267 g/mol. The maximum Gasteiger partial charge on any atom is 0.197 e. The zero-order valence-corrected chi connectivity index (χ0v) is 11.3. The van der Waals surface area contributed by atoms with Crippen LogP contribution in [0, 0.1) is 12.7 Å². The number of benzene rings is 2. The number of rotatable bonds is 3. The van der Waals surface area contributed by atoms with Crippen LogP contribution in [0.15, 0.2) is 36.4 Å². The Balaban J connectivity index is 2.48. The van der Waals surface area contributed by atoms with Gasteiger partial charge in [0.15, 0.2) is 5.78 Å². The Kier molecular flexibility index (Phi) is 3.86. The average molecular weight is 279 g/mol. The SMILES string of the molecule is COc1ccc(C(=O)c2c(F)cccc2Cl)cc1C. The fraction of sp³-hybridized carbons (Fsp3) is 0.133. The van der Waals surface area contributed by atoms with Gasteiger partial charge >= 0.3 is 0 Å². The van der Waals surface area contributed by atoms with Crippen molar-refractivity contribution in [2.24, 2.45) is 0 Å². The second-order valence-corrected chi connectivity index (χ2v) is 4.52. The molecule has 0 aliphatic rings. The summed E-state index contributed by atoms with van der Waals surface area (Å²) in [5, 5.41) is 0.110. The number of ketones is 1. The van der Waals surface area contributed by atoms with Crippen molar-refractivity contribution >= 4 is 17.4 Å². The molecule has 2 aromatic carbocycles. The van der Waals surface area contributed by atoms with Crippen LogP contribution in [0.4, 0.5) is 4.39 Å². The van der Waals surface area contributed by atoms with E-state index in [0.29, 0.717) is 11.3 Å². The lowest BCUT2D eigenvalue weighted by molar-refractivity contribution is 0.103. The number of methoxy groups -OCH3 is 1. The van der Waals surface area contributed by atoms with Crippen LogP contribution in [-0.2, 0) is 0 Å². The lowest BCUT2D eigenvalue weighted by Crippen LogP contribution is -2.06. The zero-order valence-electron chi connectivity index (χ0n) is 10.5. The molecule has 0 aliphatic heterocycles. The second-order valence-electron chi connectivity index (χ2n) is 4.11. The Morgan fingerprint density at radius 1 is 1.26 bits per heavy atom. The molecule has 2 aromatic rings. The van der Waals surface area contributed by atoms with E-state index in [1.807, 2.05) is 6.92 Å². The Bertz CT molecular complexity index is 618. The van der Waals surface area contributed by atoms with Crippen LogP contribution in [0.5, 0.6) is 5.75 Å². The third kappa shape index (κ3) is 2.61. The maximum atomic E-state index is 13.7. The van der Waals surface area contributed by atoms with Crippen LogP contribution in [0.3, 0.4) is 0 Å². The molecule has 98 valence electrons. The second kappa shape index (κ2) is 5.41. The van der Waals surface area contributed by atoms with E-state index in [-0.39, 0.29) is 10.6 Å². The molecule has 0 saturated carbocycles. The highest BCUT2D eigenvalue weighted by molar-refractivity contribution is 6.35. The van der Waals surface area contributed by atoms with Crippen molar-refractivity contribution in [1.29, 1.82) is 0 Å². The molecule has 0 amide bonds. The van der Waals surface area contributed by atoms with Crippen LogP contribution < -0.4 is 4.74 Å². The van der Waals surface area contributed by atoms with Gasteiger partial charge < -0.3 is 4.74 Å². The van der Waals surface area contributed by atoms with Crippen LogP contribution in [-0.4, -0.2) is 12.9 Å². The molecule has 0 saturated heterocycles. The molecule has 0 unspecified atom stereocenters. The molecule has 0 radical (unpaired) electrons. The van der Waals surface area contributed by atoms with Crippen molar-refractivity contribution < 1.29 is 13.9 Å². The topological polar surface area (TPSA) is 26.3 Å². The van der Waals surface area contributed by atoms with Crippen LogP contribution >= 0.6 is 11.6 Å². The number of carbonyl (C=O) groups is 1. The van der Waals surface area contributed by atoms with Crippen molar-refractivity contribution in [2.45, 2.75) is 6.92 Å². The van der Waals surface area contributed by atoms with Crippen molar-refractivity contribution in [3.63, 3.8) is 0 Å². The Morgan fingerprint density at radius 3 is 2.58 bits per heavy atom. The van der Waals surface area contributed by atoms with Crippen LogP contribution in [0.1, 0.15) is 21.5 Å². The highest BCUT2D eigenvalue weighted by Gasteiger charge is 2.18. The molecule has 0 fully saturated rings. The van der Waals surface area contributed by atoms with Gasteiger partial charge in [0.1, 0.15) is 11.6 Å². The minimum Gasteiger partial charge on any atom is -0.496 e. The summed E-state index contributed by atoms with van der Waals surface area (Å²) < 4.78 is 18.8. The van der Waals surface area contributed by atoms with E-state index in [1.165, 1.54) is 18.2 Å². The summed E-state index contributed by atoms with van der Waals surface area (Å²) in [7, 11) is 1.55. The minimum absolute atomic E-state index is 0.103. The third-order valence-electron chi connectivity index (χ3n) is 2.85. The maximum absolute atomic E-state index is 13.7. The quantitative estimate of drug-likeness (QED) is 0.793. The molecule has 0 spiro atoms. The van der Waals surface area contributed by atoms with Gasteiger partial charge in [0.05, 0.1) is 17.7 Å². The molecular formula is C15H12ClFO2. The normalized spacial score (nSPS) is 10.3. The van der Waals surface area contributed by atoms with Crippen LogP contribution in [0.25, 0.3) is 0 Å². The van der Waals surface area contributed by atoms with Crippen LogP contribution in [0.2, 0.25) is 5.02 Å². The lowest BCUT2D eigenvalue weighted by Gasteiger charge is -2.08. The van der Waals surface area contributed by atoms with E-state index in [4.69, 9.17) is 16.3 Å². The van der Waals surface area contributed by atoms with E-state index >= 15 is 0 Å². The molecule has 2 nitrogen and oxygen atoms in total. The molecule has 0 N–H and O–H groups in total. The number of hydrogen-bond acceptors (Lipinski definition) is 2. The smallest absolute Gasteiger partial charge is 0.197 e. The fourth-order valence-corrected chi connectivity index (χ4v) is 2.13. The molecule has 2 rings (SSSR count). The standard InChI is InChI=1S/C15H12ClFO2/c1-9-8-10(6-7-13(9)19-2)15(18)14-11(16)4-3-5-12(14)17/h3-8H,1-2H3. The summed E-state index contributed by atoms with van der Waals surface area (Å²) in [5.74, 6) is -0.379. The number of carbonyl (C=O) groups excluding carboxylic acids is 1. The molecule has 0 heterocycles. The Labute approximate surface area is 115 Å². The summed E-state index contributed by atoms with van der Waals surface area (Å²) in [5.41, 5.74) is 1.08. The van der Waals surface area contributed by atoms with Gasteiger partial charge in [-0.15, -0.1) is 0 Å². The molecule has 0 aliphatic carbocycles. The molecule has 0 bridgehead atoms. The summed E-state index contributed by atoms with van der Waals surface area (Å²) in [6.45, 7) is 1.82. The Hall–Kier alpha value is -1.87. The van der Waals surface area contributed by atoms with Gasteiger partial charge in [-0.05, 0) is 42.8 Å². The van der Waals surface area contributed by atoms with Crippen molar-refractivity contribution in [1.82, 2.24) is 0 Å². The zero-order chi connectivity index (χ0) is 14.0. The summed E-state index contributed by atoms with van der Waals surface area (Å²) in [6, 6.07) is 9.11. The van der Waals surface area contributed by atoms with Crippen molar-refractivity contribution in [3.8, 4) is 5.75 Å². The van der Waals surface area contributed by atoms with Gasteiger partial charge in [0.25, 0.3) is 0 Å². The van der Waals surface area contributed by atoms with Gasteiger partial charge in [0, 0.05) is 5.56 Å².